The molecule has 5 nitrogen and oxygen atoms in total. The molecule has 1 aromatic rings. The highest BCUT2D eigenvalue weighted by atomic mass is 16.1. The Labute approximate surface area is 127 Å². The fraction of sp³-hybridized carbons (Fsp3) is 0.625. The highest BCUT2D eigenvalue weighted by Crippen LogP contribution is 2.35. The smallest absolute Gasteiger partial charge is 0.251 e. The molecule has 1 fully saturated rings. The average molecular weight is 290 g/mol. The van der Waals surface area contributed by atoms with Gasteiger partial charge in [0.2, 0.25) is 0 Å². The van der Waals surface area contributed by atoms with Crippen LogP contribution in [0.3, 0.4) is 0 Å². The fourth-order valence-electron chi connectivity index (χ4n) is 2.64. The van der Waals surface area contributed by atoms with Crippen LogP contribution in [0.2, 0.25) is 0 Å². The van der Waals surface area contributed by atoms with Gasteiger partial charge in [-0.25, -0.2) is 4.98 Å². The summed E-state index contributed by atoms with van der Waals surface area (Å²) in [5.41, 5.74) is 0.809. The third kappa shape index (κ3) is 3.73. The van der Waals surface area contributed by atoms with Crippen LogP contribution in [-0.4, -0.2) is 48.5 Å². The van der Waals surface area contributed by atoms with E-state index in [0.29, 0.717) is 12.1 Å². The predicted molar refractivity (Wildman–Crippen MR) is 85.6 cm³/mol. The normalized spacial score (nSPS) is 16.4. The Morgan fingerprint density at radius 3 is 2.76 bits per heavy atom. The lowest BCUT2D eigenvalue weighted by atomic mass is 9.75. The molecule has 2 N–H and O–H groups in total. The monoisotopic (exact) mass is 290 g/mol. The number of rotatable bonds is 7. The summed E-state index contributed by atoms with van der Waals surface area (Å²) in [6.45, 7) is 3.67. The zero-order valence-electron chi connectivity index (χ0n) is 13.3. The molecule has 0 saturated heterocycles. The summed E-state index contributed by atoms with van der Waals surface area (Å²) in [6.07, 6.45) is 6.26. The molecule has 0 spiro atoms. The number of carbonyl (C=O) groups excluding carboxylic acids is 1. The number of hydrogen-bond acceptors (Lipinski definition) is 4. The molecule has 0 bridgehead atoms. The molecule has 1 amide bonds. The number of aromatic nitrogens is 1. The van der Waals surface area contributed by atoms with Crippen molar-refractivity contribution in [3.05, 3.63) is 23.9 Å². The lowest BCUT2D eigenvalue weighted by Crippen LogP contribution is -2.57. The van der Waals surface area contributed by atoms with Crippen LogP contribution in [0.4, 0.5) is 5.82 Å². The summed E-state index contributed by atoms with van der Waals surface area (Å²) in [5.74, 6) is 0.737. The molecule has 1 saturated carbocycles. The van der Waals surface area contributed by atoms with Gasteiger partial charge in [-0.3, -0.25) is 4.79 Å². The molecule has 1 aliphatic rings. The van der Waals surface area contributed by atoms with Crippen LogP contribution in [0.1, 0.15) is 43.0 Å². The molecule has 0 aliphatic heterocycles. The Kier molecular flexibility index (Phi) is 5.17. The van der Waals surface area contributed by atoms with E-state index in [1.807, 2.05) is 6.07 Å². The molecule has 1 aromatic heterocycles. The second kappa shape index (κ2) is 6.89. The number of likely N-dealkylation sites (N-methyl/N-ethyl adjacent to an activating group) is 1. The van der Waals surface area contributed by atoms with Crippen LogP contribution in [0.5, 0.6) is 0 Å². The van der Waals surface area contributed by atoms with Crippen molar-refractivity contribution in [1.29, 1.82) is 0 Å². The van der Waals surface area contributed by atoms with Gasteiger partial charge >= 0.3 is 0 Å². The summed E-state index contributed by atoms with van der Waals surface area (Å²) >= 11 is 0. The Morgan fingerprint density at radius 1 is 1.43 bits per heavy atom. The van der Waals surface area contributed by atoms with Gasteiger partial charge in [-0.2, -0.15) is 0 Å². The summed E-state index contributed by atoms with van der Waals surface area (Å²) in [4.78, 5) is 18.8. The number of nitrogens with zero attached hydrogens (tertiary/aromatic N) is 2. The molecular formula is C16H26N4O. The number of anilines is 1. The maximum absolute atomic E-state index is 12.3. The second-order valence-corrected chi connectivity index (χ2v) is 6.01. The zero-order valence-corrected chi connectivity index (χ0v) is 13.3. The van der Waals surface area contributed by atoms with Crippen LogP contribution in [0.15, 0.2) is 18.3 Å². The quantitative estimate of drug-likeness (QED) is 0.807. The number of amides is 1. The Balaban J connectivity index is 1.94. The van der Waals surface area contributed by atoms with Crippen LogP contribution in [0.25, 0.3) is 0 Å². The van der Waals surface area contributed by atoms with Gasteiger partial charge in [0.05, 0.1) is 0 Å². The van der Waals surface area contributed by atoms with E-state index < -0.39 is 0 Å². The van der Waals surface area contributed by atoms with Crippen LogP contribution in [0, 0.1) is 0 Å². The number of pyridine rings is 1. The minimum Gasteiger partial charge on any atom is -0.370 e. The number of nitrogens with one attached hydrogen (secondary N) is 2. The van der Waals surface area contributed by atoms with E-state index in [1.165, 1.54) is 6.42 Å². The van der Waals surface area contributed by atoms with Gasteiger partial charge < -0.3 is 15.5 Å². The molecule has 0 unspecified atom stereocenters. The summed E-state index contributed by atoms with van der Waals surface area (Å²) < 4.78 is 0. The molecule has 0 aromatic carbocycles. The summed E-state index contributed by atoms with van der Waals surface area (Å²) in [6, 6.07) is 3.57. The van der Waals surface area contributed by atoms with Crippen molar-refractivity contribution in [2.75, 3.05) is 32.5 Å². The van der Waals surface area contributed by atoms with Crippen LogP contribution >= 0.6 is 0 Å². The highest BCUT2D eigenvalue weighted by Gasteiger charge is 2.39. The molecule has 0 atom stereocenters. The summed E-state index contributed by atoms with van der Waals surface area (Å²) in [5, 5.41) is 6.27. The van der Waals surface area contributed by atoms with Gasteiger partial charge in [-0.15, -0.1) is 0 Å². The Hall–Kier alpha value is -1.62. The van der Waals surface area contributed by atoms with Crippen LogP contribution < -0.4 is 10.6 Å². The van der Waals surface area contributed by atoms with Gasteiger partial charge in [-0.1, -0.05) is 6.92 Å². The first-order chi connectivity index (χ1) is 10.1. The fourth-order valence-corrected chi connectivity index (χ4v) is 2.64. The average Bonchev–Trinajstić information content (AvgIpc) is 2.43. The van der Waals surface area contributed by atoms with Gasteiger partial charge in [0.25, 0.3) is 5.91 Å². The lowest BCUT2D eigenvalue weighted by Gasteiger charge is -2.47. The predicted octanol–water partition coefficient (Wildman–Crippen LogP) is 2.12. The van der Waals surface area contributed by atoms with E-state index in [4.69, 9.17) is 0 Å². The largest absolute Gasteiger partial charge is 0.370 e. The summed E-state index contributed by atoms with van der Waals surface area (Å²) in [7, 11) is 4.18. The minimum absolute atomic E-state index is 0.0231. The third-order valence-electron chi connectivity index (χ3n) is 4.39. The standard InChI is InChI=1S/C16H26N4O/c1-4-9-17-14-11-13(6-10-18-14)15(21)19-12-16(20(2)3)7-5-8-16/h6,10-11H,4-5,7-9,12H2,1-3H3,(H,17,18)(H,19,21). The van der Waals surface area contributed by atoms with Crippen molar-refractivity contribution in [2.24, 2.45) is 0 Å². The van der Waals surface area contributed by atoms with Gasteiger partial charge in [0.1, 0.15) is 5.82 Å². The third-order valence-corrected chi connectivity index (χ3v) is 4.39. The molecule has 0 radical (unpaired) electrons. The molecule has 1 aliphatic carbocycles. The van der Waals surface area contributed by atoms with Gasteiger partial charge in [0, 0.05) is 30.4 Å². The van der Waals surface area contributed by atoms with Crippen molar-refractivity contribution >= 4 is 11.7 Å². The van der Waals surface area contributed by atoms with E-state index in [-0.39, 0.29) is 11.4 Å². The van der Waals surface area contributed by atoms with E-state index in [9.17, 15) is 4.79 Å². The van der Waals surface area contributed by atoms with Crippen molar-refractivity contribution in [3.8, 4) is 0 Å². The van der Waals surface area contributed by atoms with E-state index in [2.05, 4.69) is 41.5 Å². The Bertz CT molecular complexity index is 483. The second-order valence-electron chi connectivity index (χ2n) is 6.01. The van der Waals surface area contributed by atoms with Gasteiger partial charge in [-0.05, 0) is 51.9 Å². The molecule has 2 rings (SSSR count). The number of carbonyl (C=O) groups is 1. The molecule has 116 valence electrons. The van der Waals surface area contributed by atoms with Crippen molar-refractivity contribution in [1.82, 2.24) is 15.2 Å². The molecule has 21 heavy (non-hydrogen) atoms. The van der Waals surface area contributed by atoms with Crippen molar-refractivity contribution < 1.29 is 4.79 Å². The minimum atomic E-state index is -0.0231. The SMILES string of the molecule is CCCNc1cc(C(=O)NCC2(N(C)C)CCC2)ccn1. The zero-order chi connectivity index (χ0) is 15.3. The first-order valence-corrected chi connectivity index (χ1v) is 7.73. The number of hydrogen-bond donors (Lipinski definition) is 2. The van der Waals surface area contributed by atoms with Crippen molar-refractivity contribution in [3.63, 3.8) is 0 Å². The van der Waals surface area contributed by atoms with E-state index in [0.717, 1.165) is 31.6 Å². The van der Waals surface area contributed by atoms with E-state index >= 15 is 0 Å². The van der Waals surface area contributed by atoms with E-state index in [1.54, 1.807) is 12.3 Å². The maximum Gasteiger partial charge on any atom is 0.251 e. The molecule has 5 heteroatoms. The van der Waals surface area contributed by atoms with Gasteiger partial charge in [0.15, 0.2) is 0 Å². The molecular weight excluding hydrogens is 264 g/mol. The first kappa shape index (κ1) is 15.8. The molecule has 1 heterocycles. The van der Waals surface area contributed by atoms with Crippen LogP contribution in [-0.2, 0) is 0 Å². The highest BCUT2D eigenvalue weighted by molar-refractivity contribution is 5.94. The topological polar surface area (TPSA) is 57.3 Å². The van der Waals surface area contributed by atoms with Crippen molar-refractivity contribution in [2.45, 2.75) is 38.1 Å². The lowest BCUT2D eigenvalue weighted by molar-refractivity contribution is 0.0557. The first-order valence-electron chi connectivity index (χ1n) is 7.73. The Morgan fingerprint density at radius 2 is 2.19 bits per heavy atom. The maximum atomic E-state index is 12.3.